The van der Waals surface area contributed by atoms with Gasteiger partial charge in [0.2, 0.25) is 18.6 Å². The summed E-state index contributed by atoms with van der Waals surface area (Å²) < 4.78 is 22.1. The average molecular weight is 835 g/mol. The van der Waals surface area contributed by atoms with Crippen LogP contribution in [0.3, 0.4) is 0 Å². The molecule has 0 saturated carbocycles. The summed E-state index contributed by atoms with van der Waals surface area (Å²) in [7, 11) is 5.83. The Morgan fingerprint density at radius 2 is 1.15 bits per heavy atom. The van der Waals surface area contributed by atoms with Crippen LogP contribution in [-0.2, 0) is 19.1 Å². The number of amides is 4. The van der Waals surface area contributed by atoms with Gasteiger partial charge in [-0.2, -0.15) is 0 Å². The van der Waals surface area contributed by atoms with Crippen LogP contribution in [0.25, 0.3) is 44.3 Å². The van der Waals surface area contributed by atoms with Crippen molar-refractivity contribution in [3.63, 3.8) is 0 Å². The molecule has 5 aromatic rings. The summed E-state index contributed by atoms with van der Waals surface area (Å²) in [5.41, 5.74) is 6.75. The molecule has 5 heterocycles. The first-order valence-electron chi connectivity index (χ1n) is 21.0. The van der Waals surface area contributed by atoms with Crippen LogP contribution in [0.1, 0.15) is 77.1 Å². The molecule has 16 heteroatoms. The van der Waals surface area contributed by atoms with E-state index in [1.165, 1.54) is 24.0 Å². The summed E-state index contributed by atoms with van der Waals surface area (Å²) in [5.74, 6) is 2.20. The van der Waals surface area contributed by atoms with Crippen molar-refractivity contribution in [1.29, 1.82) is 0 Å². The fourth-order valence-corrected chi connectivity index (χ4v) is 9.44. The molecule has 3 aromatic carbocycles. The lowest BCUT2D eigenvalue weighted by Crippen LogP contribution is -2.51. The van der Waals surface area contributed by atoms with Crippen molar-refractivity contribution in [1.82, 2.24) is 39.5 Å². The second-order valence-corrected chi connectivity index (χ2v) is 16.9. The topological polar surface area (TPSA) is 176 Å². The zero-order valence-electron chi connectivity index (χ0n) is 36.0. The van der Waals surface area contributed by atoms with Gasteiger partial charge in [-0.05, 0) is 85.0 Å². The summed E-state index contributed by atoms with van der Waals surface area (Å²) in [6.07, 6.45) is 2.06. The number of carbonyl (C=O) groups is 4. The molecule has 3 aliphatic heterocycles. The number of rotatable bonds is 10. The van der Waals surface area contributed by atoms with E-state index in [1.807, 2.05) is 86.0 Å². The van der Waals surface area contributed by atoms with Crippen molar-refractivity contribution in [2.75, 3.05) is 48.2 Å². The van der Waals surface area contributed by atoms with Gasteiger partial charge in [-0.3, -0.25) is 19.4 Å². The Kier molecular flexibility index (Phi) is 11.3. The lowest BCUT2D eigenvalue weighted by molar-refractivity contribution is -0.139. The first-order chi connectivity index (χ1) is 29.3. The van der Waals surface area contributed by atoms with Gasteiger partial charge >= 0.3 is 12.2 Å². The Labute approximate surface area is 354 Å². The highest BCUT2D eigenvalue weighted by Crippen LogP contribution is 2.48. The van der Waals surface area contributed by atoms with Gasteiger partial charge in [-0.25, -0.2) is 19.6 Å². The quantitative estimate of drug-likeness (QED) is 0.146. The number of H-pyrrole nitrogens is 2. The number of ether oxygens (including phenoxy) is 4. The van der Waals surface area contributed by atoms with Gasteiger partial charge in [0.15, 0.2) is 11.5 Å². The van der Waals surface area contributed by atoms with E-state index in [-0.39, 0.29) is 42.5 Å². The fraction of sp³-hybridized carbons (Fsp3) is 0.467. The zero-order chi connectivity index (χ0) is 43.3. The minimum atomic E-state index is -0.665. The minimum Gasteiger partial charge on any atom is -0.453 e. The lowest BCUT2D eigenvalue weighted by Gasteiger charge is -2.34. The van der Waals surface area contributed by atoms with Crippen LogP contribution in [0, 0.1) is 11.8 Å². The monoisotopic (exact) mass is 834 g/mol. The van der Waals surface area contributed by atoms with Crippen molar-refractivity contribution < 1.29 is 38.1 Å². The Morgan fingerprint density at radius 3 is 1.66 bits per heavy atom. The van der Waals surface area contributed by atoms with Crippen LogP contribution >= 0.6 is 0 Å². The van der Waals surface area contributed by atoms with Crippen molar-refractivity contribution in [2.45, 2.75) is 77.5 Å². The molecule has 2 N–H and O–H groups in total. The molecule has 0 aliphatic carbocycles. The molecule has 3 aliphatic rings. The van der Waals surface area contributed by atoms with Crippen molar-refractivity contribution in [3.8, 4) is 33.8 Å². The smallest absolute Gasteiger partial charge is 0.409 e. The Balaban J connectivity index is 1.04. The number of benzene rings is 3. The molecule has 8 rings (SSSR count). The number of aromatic nitrogens is 4. The average Bonchev–Trinajstić information content (AvgIpc) is 4.10. The number of aromatic amines is 2. The number of hydrogen-bond donors (Lipinski definition) is 2. The molecule has 0 radical (unpaired) electrons. The van der Waals surface area contributed by atoms with Crippen LogP contribution < -0.4 is 9.47 Å². The van der Waals surface area contributed by atoms with Gasteiger partial charge in [-0.1, -0.05) is 39.8 Å². The van der Waals surface area contributed by atoms with Gasteiger partial charge in [0, 0.05) is 38.3 Å². The van der Waals surface area contributed by atoms with E-state index in [9.17, 15) is 19.2 Å². The molecule has 4 atom stereocenters. The Hall–Kier alpha value is -6.32. The SMILES string of the molecule is COC(=O)N(C)[C@H](C(=O)N1CCC[C@H]1c1nc2cc(-c3ccc(-c4ccc5nc([C@@H]6CCCN6C(=O)[C@H](C(C)C)N(C)C(=O)OC)[nH]c5c4)c4c3OCO4)ccc2[nH]1)C(C)C. The van der Waals surface area contributed by atoms with Gasteiger partial charge in [0.1, 0.15) is 23.7 Å². The highest BCUT2D eigenvalue weighted by Gasteiger charge is 2.41. The number of hydrogen-bond acceptors (Lipinski definition) is 10. The van der Waals surface area contributed by atoms with E-state index >= 15 is 0 Å². The first-order valence-corrected chi connectivity index (χ1v) is 21.0. The number of likely N-dealkylation sites (tertiary alicyclic amines) is 2. The second kappa shape index (κ2) is 16.6. The van der Waals surface area contributed by atoms with E-state index in [0.717, 1.165) is 70.0 Å². The van der Waals surface area contributed by atoms with Crippen molar-refractivity contribution in [2.24, 2.45) is 11.8 Å². The number of methoxy groups -OCH3 is 2. The van der Waals surface area contributed by atoms with E-state index in [1.54, 1.807) is 14.1 Å². The van der Waals surface area contributed by atoms with Crippen molar-refractivity contribution >= 4 is 46.1 Å². The third kappa shape index (κ3) is 7.45. The van der Waals surface area contributed by atoms with Crippen LogP contribution in [-0.4, -0.2) is 124 Å². The normalized spacial score (nSPS) is 18.3. The van der Waals surface area contributed by atoms with E-state index in [4.69, 9.17) is 28.9 Å². The zero-order valence-corrected chi connectivity index (χ0v) is 36.0. The van der Waals surface area contributed by atoms with Gasteiger partial charge in [-0.15, -0.1) is 0 Å². The molecule has 61 heavy (non-hydrogen) atoms. The van der Waals surface area contributed by atoms with Crippen LogP contribution in [0.5, 0.6) is 11.5 Å². The molecule has 0 bridgehead atoms. The first kappa shape index (κ1) is 41.4. The lowest BCUT2D eigenvalue weighted by atomic mass is 9.97. The van der Waals surface area contributed by atoms with E-state index in [0.29, 0.717) is 36.2 Å². The summed E-state index contributed by atoms with van der Waals surface area (Å²) in [6.45, 7) is 8.93. The minimum absolute atomic E-state index is 0.0761. The molecule has 2 fully saturated rings. The summed E-state index contributed by atoms with van der Waals surface area (Å²) in [5, 5.41) is 0. The molecule has 16 nitrogen and oxygen atoms in total. The molecule has 0 unspecified atom stereocenters. The summed E-state index contributed by atoms with van der Waals surface area (Å²) in [6, 6.07) is 14.3. The fourth-order valence-electron chi connectivity index (χ4n) is 9.44. The number of imidazole rings is 2. The highest BCUT2D eigenvalue weighted by atomic mass is 16.7. The highest BCUT2D eigenvalue weighted by molar-refractivity contribution is 5.91. The maximum Gasteiger partial charge on any atom is 0.409 e. The van der Waals surface area contributed by atoms with Crippen LogP contribution in [0.4, 0.5) is 9.59 Å². The molecule has 4 amide bonds. The third-order valence-electron chi connectivity index (χ3n) is 12.4. The van der Waals surface area contributed by atoms with Gasteiger partial charge in [0.25, 0.3) is 0 Å². The molecule has 322 valence electrons. The molecule has 2 saturated heterocycles. The largest absolute Gasteiger partial charge is 0.453 e. The predicted molar refractivity (Wildman–Crippen MR) is 228 cm³/mol. The van der Waals surface area contributed by atoms with E-state index < -0.39 is 24.3 Å². The predicted octanol–water partition coefficient (Wildman–Crippen LogP) is 7.27. The standard InChI is InChI=1S/C45H54N8O8/c1-24(2)36(50(5)44(56)58-7)42(54)52-19-9-11-34(52)40-46-30-17-13-26(21-32(30)48-40)28-15-16-29(39-38(28)60-23-61-39)27-14-18-31-33(22-27)49-41(47-31)35-12-10-20-53(35)43(55)37(25(3)4)51(6)45(57)59-8/h13-18,21-22,24-25,34-37H,9-12,19-20,23H2,1-8H3,(H,46,48)(H,47,49)/t34-,35-,36-,37-/m0/s1. The van der Waals surface area contributed by atoms with Gasteiger partial charge < -0.3 is 38.7 Å². The molecule has 2 aromatic heterocycles. The number of carbonyl (C=O) groups excluding carboxylic acids is 4. The Morgan fingerprint density at radius 1 is 0.672 bits per heavy atom. The Bertz CT molecular complexity index is 2330. The van der Waals surface area contributed by atoms with Crippen LogP contribution in [0.15, 0.2) is 48.5 Å². The number of nitrogens with one attached hydrogen (secondary N) is 2. The summed E-state index contributed by atoms with van der Waals surface area (Å²) >= 11 is 0. The third-order valence-corrected chi connectivity index (χ3v) is 12.4. The van der Waals surface area contributed by atoms with Crippen LogP contribution in [0.2, 0.25) is 0 Å². The number of fused-ring (bicyclic) bond motifs is 3. The maximum absolute atomic E-state index is 13.9. The van der Waals surface area contributed by atoms with Crippen molar-refractivity contribution in [3.05, 3.63) is 60.2 Å². The number of likely N-dealkylation sites (N-methyl/N-ethyl adjacent to an activating group) is 2. The maximum atomic E-state index is 13.9. The molecular weight excluding hydrogens is 781 g/mol. The van der Waals surface area contributed by atoms with Gasteiger partial charge in [0.05, 0.1) is 48.4 Å². The van der Waals surface area contributed by atoms with E-state index in [2.05, 4.69) is 9.97 Å². The number of nitrogens with zero attached hydrogens (tertiary/aromatic N) is 6. The molecular formula is C45H54N8O8. The second-order valence-electron chi connectivity index (χ2n) is 16.9. The molecule has 0 spiro atoms. The summed E-state index contributed by atoms with van der Waals surface area (Å²) in [4.78, 5) is 76.0.